The van der Waals surface area contributed by atoms with E-state index in [9.17, 15) is 13.2 Å². The lowest BCUT2D eigenvalue weighted by atomic mass is 9.85. The Bertz CT molecular complexity index is 251. The molecule has 0 aromatic heterocycles. The van der Waals surface area contributed by atoms with Crippen LogP contribution in [0.4, 0.5) is 13.2 Å². The summed E-state index contributed by atoms with van der Waals surface area (Å²) in [4.78, 5) is 0. The molecule has 1 fully saturated rings. The van der Waals surface area contributed by atoms with Crippen molar-refractivity contribution in [3.8, 4) is 0 Å². The molecule has 0 spiro atoms. The Morgan fingerprint density at radius 3 is 2.53 bits per heavy atom. The van der Waals surface area contributed by atoms with Crippen molar-refractivity contribution in [2.24, 2.45) is 0 Å². The van der Waals surface area contributed by atoms with E-state index in [0.29, 0.717) is 19.6 Å². The van der Waals surface area contributed by atoms with Crippen molar-refractivity contribution in [2.45, 2.75) is 44.2 Å². The Kier molecular flexibility index (Phi) is 7.06. The van der Waals surface area contributed by atoms with E-state index in [0.717, 1.165) is 13.0 Å². The first-order valence-corrected chi connectivity index (χ1v) is 6.50. The van der Waals surface area contributed by atoms with E-state index in [1.807, 2.05) is 6.92 Å². The number of ether oxygens (including phenoxy) is 3. The quantitative estimate of drug-likeness (QED) is 0.655. The summed E-state index contributed by atoms with van der Waals surface area (Å²) in [6.45, 7) is 2.41. The van der Waals surface area contributed by atoms with Gasteiger partial charge in [-0.2, -0.15) is 13.2 Å². The number of methoxy groups -OCH3 is 1. The third-order valence-electron chi connectivity index (χ3n) is 2.96. The molecule has 0 aromatic carbocycles. The summed E-state index contributed by atoms with van der Waals surface area (Å²) in [5, 5.41) is 3.25. The minimum Gasteiger partial charge on any atom is -0.382 e. The summed E-state index contributed by atoms with van der Waals surface area (Å²) in [7, 11) is 1.55. The van der Waals surface area contributed by atoms with Crippen LogP contribution in [0, 0.1) is 0 Å². The highest BCUT2D eigenvalue weighted by molar-refractivity contribution is 4.97. The van der Waals surface area contributed by atoms with Crippen LogP contribution in [-0.2, 0) is 14.2 Å². The van der Waals surface area contributed by atoms with Crippen molar-refractivity contribution < 1.29 is 27.4 Å². The van der Waals surface area contributed by atoms with Gasteiger partial charge in [-0.3, -0.25) is 0 Å². The van der Waals surface area contributed by atoms with Crippen LogP contribution in [0.1, 0.15) is 19.8 Å². The number of halogens is 3. The van der Waals surface area contributed by atoms with Crippen LogP contribution in [0.2, 0.25) is 0 Å². The van der Waals surface area contributed by atoms with Crippen LogP contribution in [0.5, 0.6) is 0 Å². The molecule has 0 amide bonds. The van der Waals surface area contributed by atoms with Gasteiger partial charge in [0.05, 0.1) is 25.4 Å². The number of hydrogen-bond donors (Lipinski definition) is 1. The summed E-state index contributed by atoms with van der Waals surface area (Å²) in [6, 6.07) is 0.0649. The highest BCUT2D eigenvalue weighted by Gasteiger charge is 2.44. The lowest BCUT2D eigenvalue weighted by Crippen LogP contribution is -2.60. The van der Waals surface area contributed by atoms with Crippen molar-refractivity contribution in [1.29, 1.82) is 0 Å². The maximum absolute atomic E-state index is 12.1. The van der Waals surface area contributed by atoms with Gasteiger partial charge in [-0.25, -0.2) is 0 Å². The van der Waals surface area contributed by atoms with Crippen LogP contribution in [-0.4, -0.2) is 57.9 Å². The zero-order valence-electron chi connectivity index (χ0n) is 11.3. The highest BCUT2D eigenvalue weighted by atomic mass is 19.4. The monoisotopic (exact) mass is 285 g/mol. The fourth-order valence-corrected chi connectivity index (χ4v) is 1.97. The molecular weight excluding hydrogens is 263 g/mol. The fourth-order valence-electron chi connectivity index (χ4n) is 1.97. The standard InChI is InChI=1S/C12H22F3NO3/c1-3-4-16-9-7-10(19-8-12(13,14)15)11(9)18-6-5-17-2/h9-11,16H,3-8H2,1-2H3. The molecule has 0 saturated heterocycles. The van der Waals surface area contributed by atoms with E-state index in [1.165, 1.54) is 0 Å². The first-order valence-electron chi connectivity index (χ1n) is 6.50. The van der Waals surface area contributed by atoms with E-state index in [4.69, 9.17) is 14.2 Å². The summed E-state index contributed by atoms with van der Waals surface area (Å²) in [5.41, 5.74) is 0. The summed E-state index contributed by atoms with van der Waals surface area (Å²) in [6.07, 6.45) is -3.60. The van der Waals surface area contributed by atoms with Gasteiger partial charge < -0.3 is 19.5 Å². The van der Waals surface area contributed by atoms with Crippen LogP contribution in [0.15, 0.2) is 0 Å². The second-order valence-corrected chi connectivity index (χ2v) is 4.59. The molecule has 19 heavy (non-hydrogen) atoms. The molecular formula is C12H22F3NO3. The van der Waals surface area contributed by atoms with E-state index in [-0.39, 0.29) is 12.1 Å². The molecule has 3 atom stereocenters. The average Bonchev–Trinajstić information content (AvgIpc) is 2.31. The topological polar surface area (TPSA) is 39.7 Å². The predicted octanol–water partition coefficient (Wildman–Crippen LogP) is 1.74. The minimum absolute atomic E-state index is 0.0649. The molecule has 0 bridgehead atoms. The van der Waals surface area contributed by atoms with Crippen molar-refractivity contribution in [2.75, 3.05) is 33.5 Å². The van der Waals surface area contributed by atoms with Crippen molar-refractivity contribution in [3.05, 3.63) is 0 Å². The van der Waals surface area contributed by atoms with Crippen LogP contribution in [0.3, 0.4) is 0 Å². The average molecular weight is 285 g/mol. The fraction of sp³-hybridized carbons (Fsp3) is 1.00. The predicted molar refractivity (Wildman–Crippen MR) is 64.1 cm³/mol. The van der Waals surface area contributed by atoms with E-state index < -0.39 is 18.9 Å². The Balaban J connectivity index is 2.34. The zero-order valence-corrected chi connectivity index (χ0v) is 11.3. The van der Waals surface area contributed by atoms with Gasteiger partial charge in [0.25, 0.3) is 0 Å². The summed E-state index contributed by atoms with van der Waals surface area (Å²) < 4.78 is 51.6. The van der Waals surface area contributed by atoms with Crippen LogP contribution < -0.4 is 5.32 Å². The van der Waals surface area contributed by atoms with E-state index in [2.05, 4.69) is 5.32 Å². The number of hydrogen-bond acceptors (Lipinski definition) is 4. The molecule has 1 saturated carbocycles. The molecule has 3 unspecified atom stereocenters. The first kappa shape index (κ1) is 16.7. The molecule has 1 rings (SSSR count). The maximum atomic E-state index is 12.1. The highest BCUT2D eigenvalue weighted by Crippen LogP contribution is 2.29. The SMILES string of the molecule is CCCNC1CC(OCC(F)(F)F)C1OCCOC. The smallest absolute Gasteiger partial charge is 0.382 e. The van der Waals surface area contributed by atoms with Gasteiger partial charge in [0, 0.05) is 13.2 Å². The molecule has 1 aliphatic carbocycles. The molecule has 4 nitrogen and oxygen atoms in total. The van der Waals surface area contributed by atoms with Gasteiger partial charge in [0.15, 0.2) is 0 Å². The molecule has 0 aliphatic heterocycles. The Hall–Kier alpha value is -0.370. The van der Waals surface area contributed by atoms with Crippen LogP contribution >= 0.6 is 0 Å². The molecule has 1 aliphatic rings. The molecule has 1 N–H and O–H groups in total. The van der Waals surface area contributed by atoms with E-state index >= 15 is 0 Å². The third kappa shape index (κ3) is 6.07. The lowest BCUT2D eigenvalue weighted by molar-refractivity contribution is -0.222. The van der Waals surface area contributed by atoms with E-state index in [1.54, 1.807) is 7.11 Å². The second-order valence-electron chi connectivity index (χ2n) is 4.59. The Morgan fingerprint density at radius 2 is 1.95 bits per heavy atom. The molecule has 0 aromatic rings. The maximum Gasteiger partial charge on any atom is 0.411 e. The number of nitrogens with one attached hydrogen (secondary N) is 1. The largest absolute Gasteiger partial charge is 0.411 e. The van der Waals surface area contributed by atoms with Gasteiger partial charge in [-0.15, -0.1) is 0 Å². The van der Waals surface area contributed by atoms with Crippen molar-refractivity contribution >= 4 is 0 Å². The normalized spacial score (nSPS) is 27.3. The van der Waals surface area contributed by atoms with Gasteiger partial charge in [-0.1, -0.05) is 6.92 Å². The molecule has 0 heterocycles. The van der Waals surface area contributed by atoms with Gasteiger partial charge in [-0.05, 0) is 19.4 Å². The van der Waals surface area contributed by atoms with Crippen LogP contribution in [0.25, 0.3) is 0 Å². The second kappa shape index (κ2) is 8.04. The molecule has 7 heteroatoms. The van der Waals surface area contributed by atoms with Crippen molar-refractivity contribution in [1.82, 2.24) is 5.32 Å². The minimum atomic E-state index is -4.29. The Labute approximate surface area is 111 Å². The molecule has 114 valence electrons. The van der Waals surface area contributed by atoms with Crippen molar-refractivity contribution in [3.63, 3.8) is 0 Å². The lowest BCUT2D eigenvalue weighted by Gasteiger charge is -2.44. The van der Waals surface area contributed by atoms with Gasteiger partial charge in [0.2, 0.25) is 0 Å². The Morgan fingerprint density at radius 1 is 1.21 bits per heavy atom. The number of alkyl halides is 3. The summed E-state index contributed by atoms with van der Waals surface area (Å²) >= 11 is 0. The van der Waals surface area contributed by atoms with Gasteiger partial charge >= 0.3 is 6.18 Å². The third-order valence-corrected chi connectivity index (χ3v) is 2.96. The number of rotatable bonds is 9. The van der Waals surface area contributed by atoms with Gasteiger partial charge in [0.1, 0.15) is 6.61 Å². The summed E-state index contributed by atoms with van der Waals surface area (Å²) in [5.74, 6) is 0. The zero-order chi connectivity index (χ0) is 14.3. The molecule has 0 radical (unpaired) electrons. The first-order chi connectivity index (χ1) is 8.98.